The maximum atomic E-state index is 15.9. The second-order valence-electron chi connectivity index (χ2n) is 16.1. The molecule has 4 atom stereocenters. The quantitative estimate of drug-likeness (QED) is 0.0842. The summed E-state index contributed by atoms with van der Waals surface area (Å²) in [6, 6.07) is 10.6. The fraction of sp³-hybridized carbons (Fsp3) is 0.255. The molecule has 6 rings (SSSR count). The number of esters is 1. The number of carboxylic acid groups (broad SMARTS) is 1. The zero-order valence-corrected chi connectivity index (χ0v) is 38.5. The van der Waals surface area contributed by atoms with Crippen LogP contribution in [0, 0.1) is 12.7 Å². The third-order valence-corrected chi connectivity index (χ3v) is 12.2. The van der Waals surface area contributed by atoms with E-state index in [-0.39, 0.29) is 29.1 Å². The van der Waals surface area contributed by atoms with Crippen LogP contribution in [0.4, 0.5) is 43.9 Å². The van der Waals surface area contributed by atoms with Crippen molar-refractivity contribution in [2.45, 2.75) is 62.3 Å². The number of aliphatic hydroxyl groups is 1. The summed E-state index contributed by atoms with van der Waals surface area (Å²) in [5.41, 5.74) is -15.6. The van der Waals surface area contributed by atoms with Gasteiger partial charge in [0.1, 0.15) is 11.5 Å². The Bertz CT molecular complexity index is 3170. The van der Waals surface area contributed by atoms with Crippen LogP contribution in [0.1, 0.15) is 79.8 Å². The molecule has 0 spiro atoms. The molecule has 0 aliphatic carbocycles. The number of rotatable bonds is 13. The molecule has 0 radical (unpaired) electrons. The van der Waals surface area contributed by atoms with E-state index in [9.17, 15) is 55.0 Å². The van der Waals surface area contributed by atoms with Gasteiger partial charge in [-0.3, -0.25) is 9.59 Å². The third kappa shape index (κ3) is 10.3. The number of carboxylic acids is 1. The van der Waals surface area contributed by atoms with Crippen LogP contribution in [0.25, 0.3) is 0 Å². The molecular formula is C47H35Cl2F10N3O9. The monoisotopic (exact) mass is 1050 g/mol. The Hall–Kier alpha value is -6.91. The molecule has 12 nitrogen and oxygen atoms in total. The van der Waals surface area contributed by atoms with Gasteiger partial charge in [-0.05, 0) is 72.6 Å². The van der Waals surface area contributed by atoms with Crippen LogP contribution < -0.4 is 20.6 Å². The summed E-state index contributed by atoms with van der Waals surface area (Å²) in [5, 5.41) is 19.4. The minimum Gasteiger partial charge on any atom is -0.478 e. The molecular weight excluding hydrogens is 1010 g/mol. The van der Waals surface area contributed by atoms with Crippen LogP contribution >= 0.6 is 23.2 Å². The molecule has 376 valence electrons. The number of ether oxygens (including phenoxy) is 3. The number of carbonyl (C=O) groups is 2. The summed E-state index contributed by atoms with van der Waals surface area (Å²) in [6.07, 6.45) is -15.0. The first-order valence-corrected chi connectivity index (χ1v) is 21.1. The van der Waals surface area contributed by atoms with Crippen LogP contribution in [0.3, 0.4) is 0 Å². The van der Waals surface area contributed by atoms with Gasteiger partial charge in [-0.2, -0.15) is 39.5 Å². The van der Waals surface area contributed by atoms with Gasteiger partial charge in [-0.1, -0.05) is 49.2 Å². The van der Waals surface area contributed by atoms with Crippen molar-refractivity contribution >= 4 is 35.1 Å². The number of alkyl halides is 9. The Morgan fingerprint density at radius 2 is 1.30 bits per heavy atom. The highest BCUT2D eigenvalue weighted by atomic mass is 35.5. The standard InChI is InChI=1S/C47H35Cl2F10N3O9/c1-22-14-27(21-62(5)40(22)64)43(68,46(54,55)56)23(2)30-10-9-29(17-34(30)48)70-38-18-33(45(51,52)53)32(19-60-38)42(67)71-44(47(57,58)59,26-7-13-39(63)61(4)20-26)24(3)31-11-8-28(16-35(31)49)69-37-12-6-25(41(65)66)15-36(37)50/h6-21,23-24,68H,1-5H3,(H,65,66). The van der Waals surface area contributed by atoms with Crippen LogP contribution in [-0.4, -0.2) is 48.6 Å². The minimum atomic E-state index is -5.72. The summed E-state index contributed by atoms with van der Waals surface area (Å²) in [4.78, 5) is 53.4. The van der Waals surface area contributed by atoms with E-state index in [1.54, 1.807) is 0 Å². The van der Waals surface area contributed by atoms with E-state index in [4.69, 9.17) is 42.5 Å². The fourth-order valence-electron chi connectivity index (χ4n) is 7.77. The largest absolute Gasteiger partial charge is 0.478 e. The predicted molar refractivity (Wildman–Crippen MR) is 234 cm³/mol. The SMILES string of the molecule is Cc1cc(C(O)(C(C)c2ccc(Oc3cc(C(F)(F)F)c(C(=O)OC(c4ccc(=O)n(C)c4)(C(C)c4ccc(Oc5ccc(C(=O)O)cc5F)cc4Cl)C(F)(F)F)cn3)cc2Cl)C(F)(F)F)cn(C)c1=O. The maximum absolute atomic E-state index is 15.9. The van der Waals surface area contributed by atoms with E-state index < -0.39 is 131 Å². The number of hydrogen-bond donors (Lipinski definition) is 2. The lowest BCUT2D eigenvalue weighted by atomic mass is 9.77. The van der Waals surface area contributed by atoms with E-state index in [1.165, 1.54) is 14.0 Å². The Morgan fingerprint density at radius 1 is 0.718 bits per heavy atom. The molecule has 0 aliphatic rings. The van der Waals surface area contributed by atoms with Crippen molar-refractivity contribution < 1.29 is 77.9 Å². The number of hydrogen-bond acceptors (Lipinski definition) is 9. The molecule has 0 saturated heterocycles. The van der Waals surface area contributed by atoms with Crippen molar-refractivity contribution in [1.29, 1.82) is 0 Å². The first kappa shape index (κ1) is 53.4. The zero-order valence-electron chi connectivity index (χ0n) is 37.0. The molecule has 0 bridgehead atoms. The Labute approximate surface area is 404 Å². The van der Waals surface area contributed by atoms with E-state index in [0.717, 1.165) is 86.3 Å². The van der Waals surface area contributed by atoms with E-state index in [1.807, 2.05) is 0 Å². The number of aromatic nitrogens is 3. The lowest BCUT2D eigenvalue weighted by molar-refractivity contribution is -0.274. The summed E-state index contributed by atoms with van der Waals surface area (Å²) in [5.74, 6) is -11.1. The van der Waals surface area contributed by atoms with E-state index in [2.05, 4.69) is 4.98 Å². The molecule has 71 heavy (non-hydrogen) atoms. The molecule has 6 aromatic rings. The number of nitrogens with zero attached hydrogens (tertiary/aromatic N) is 3. The second kappa shape index (κ2) is 19.4. The molecule has 2 N–H and O–H groups in total. The Morgan fingerprint density at radius 3 is 1.80 bits per heavy atom. The molecule has 3 heterocycles. The first-order chi connectivity index (χ1) is 32.8. The number of halogens is 12. The highest BCUT2D eigenvalue weighted by molar-refractivity contribution is 6.32. The summed E-state index contributed by atoms with van der Waals surface area (Å²) < 4.78 is 168. The smallest absolute Gasteiger partial charge is 0.433 e. The van der Waals surface area contributed by atoms with Crippen LogP contribution in [0.5, 0.6) is 23.1 Å². The normalized spacial score (nSPS) is 14.7. The van der Waals surface area contributed by atoms with Gasteiger partial charge in [0.15, 0.2) is 17.2 Å². The summed E-state index contributed by atoms with van der Waals surface area (Å²) in [6.45, 7) is 3.09. The molecule has 0 fully saturated rings. The van der Waals surface area contributed by atoms with Gasteiger partial charge in [0.25, 0.3) is 5.56 Å². The highest BCUT2D eigenvalue weighted by Crippen LogP contribution is 2.54. The Balaban J connectivity index is 1.37. The molecule has 3 aromatic heterocycles. The summed E-state index contributed by atoms with van der Waals surface area (Å²) in [7, 11) is 2.22. The summed E-state index contributed by atoms with van der Waals surface area (Å²) >= 11 is 12.8. The Kier molecular flexibility index (Phi) is 14.6. The van der Waals surface area contributed by atoms with Gasteiger partial charge in [0, 0.05) is 83.4 Å². The molecule has 0 saturated carbocycles. The number of pyridine rings is 3. The van der Waals surface area contributed by atoms with Crippen LogP contribution in [0.2, 0.25) is 10.0 Å². The predicted octanol–water partition coefficient (Wildman–Crippen LogP) is 11.5. The van der Waals surface area contributed by atoms with Crippen molar-refractivity contribution in [1.82, 2.24) is 14.1 Å². The molecule has 0 amide bonds. The van der Waals surface area contributed by atoms with Crippen molar-refractivity contribution in [3.05, 3.63) is 179 Å². The third-order valence-electron chi connectivity index (χ3n) is 11.6. The topological polar surface area (TPSA) is 159 Å². The average molecular weight is 1050 g/mol. The van der Waals surface area contributed by atoms with Crippen molar-refractivity contribution in [3.8, 4) is 23.1 Å². The number of carbonyl (C=O) groups excluding carboxylic acids is 1. The average Bonchev–Trinajstić information content (AvgIpc) is 3.27. The van der Waals surface area contributed by atoms with Crippen molar-refractivity contribution in [2.75, 3.05) is 0 Å². The first-order valence-electron chi connectivity index (χ1n) is 20.3. The lowest BCUT2D eigenvalue weighted by Crippen LogP contribution is -2.51. The van der Waals surface area contributed by atoms with Crippen LogP contribution in [-0.2, 0) is 36.2 Å². The maximum Gasteiger partial charge on any atom is 0.433 e. The minimum absolute atomic E-state index is 0.122. The molecule has 0 aliphatic heterocycles. The van der Waals surface area contributed by atoms with Gasteiger partial charge in [-0.15, -0.1) is 0 Å². The lowest BCUT2D eigenvalue weighted by Gasteiger charge is -2.40. The number of aromatic carboxylic acids is 1. The van der Waals surface area contributed by atoms with Gasteiger partial charge in [0.05, 0.1) is 16.7 Å². The van der Waals surface area contributed by atoms with E-state index in [0.29, 0.717) is 29.0 Å². The highest BCUT2D eigenvalue weighted by Gasteiger charge is 2.64. The molecule has 4 unspecified atom stereocenters. The molecule has 24 heteroatoms. The van der Waals surface area contributed by atoms with Crippen molar-refractivity contribution in [3.63, 3.8) is 0 Å². The zero-order chi connectivity index (χ0) is 52.9. The van der Waals surface area contributed by atoms with Gasteiger partial charge >= 0.3 is 30.5 Å². The number of aryl methyl sites for hydroxylation is 3. The second-order valence-corrected chi connectivity index (χ2v) is 16.9. The van der Waals surface area contributed by atoms with E-state index >= 15 is 13.2 Å². The van der Waals surface area contributed by atoms with Crippen LogP contribution in [0.15, 0.2) is 107 Å². The van der Waals surface area contributed by atoms with Gasteiger partial charge in [0.2, 0.25) is 17.0 Å². The van der Waals surface area contributed by atoms with Gasteiger partial charge < -0.3 is 33.6 Å². The van der Waals surface area contributed by atoms with Crippen molar-refractivity contribution in [2.24, 2.45) is 14.1 Å². The molecule has 3 aromatic carbocycles. The van der Waals surface area contributed by atoms with Gasteiger partial charge in [-0.25, -0.2) is 19.0 Å². The number of benzene rings is 3. The fourth-order valence-corrected chi connectivity index (χ4v) is 8.44.